The van der Waals surface area contributed by atoms with Crippen molar-refractivity contribution in [1.82, 2.24) is 5.32 Å². The summed E-state index contributed by atoms with van der Waals surface area (Å²) in [4.78, 5) is 12.3. The Kier molecular flexibility index (Phi) is 6.80. The lowest BCUT2D eigenvalue weighted by Crippen LogP contribution is -2.47. The minimum atomic E-state index is -0.445. The lowest BCUT2D eigenvalue weighted by atomic mass is 9.76. The van der Waals surface area contributed by atoms with Crippen molar-refractivity contribution in [3.8, 4) is 0 Å². The summed E-state index contributed by atoms with van der Waals surface area (Å²) in [6.45, 7) is 3.92. The van der Waals surface area contributed by atoms with Crippen molar-refractivity contribution in [2.75, 3.05) is 19.7 Å². The number of carbonyl (C=O) groups excluding carboxylic acids is 1. The van der Waals surface area contributed by atoms with E-state index in [2.05, 4.69) is 5.32 Å². The van der Waals surface area contributed by atoms with Crippen LogP contribution < -0.4 is 5.32 Å². The van der Waals surface area contributed by atoms with Crippen molar-refractivity contribution in [3.63, 3.8) is 0 Å². The molecule has 1 aliphatic heterocycles. The lowest BCUT2D eigenvalue weighted by molar-refractivity contribution is -0.156. The number of benzene rings is 1. The first kappa shape index (κ1) is 17.3. The number of hydrogen-bond donors (Lipinski definition) is 1. The monoisotopic (exact) mass is 317 g/mol. The van der Waals surface area contributed by atoms with E-state index in [4.69, 9.17) is 16.3 Å². The third kappa shape index (κ3) is 4.11. The van der Waals surface area contributed by atoms with E-state index in [0.717, 1.165) is 24.9 Å². The molecule has 3 nitrogen and oxygen atoms in total. The van der Waals surface area contributed by atoms with E-state index in [0.29, 0.717) is 24.6 Å². The van der Waals surface area contributed by atoms with Crippen molar-refractivity contribution < 1.29 is 9.53 Å². The molecule has 1 saturated heterocycles. The molecule has 1 fully saturated rings. The Bertz CT molecular complexity index is 445. The van der Waals surface area contributed by atoms with Gasteiger partial charge < -0.3 is 10.1 Å². The second kappa shape index (κ2) is 7.87. The molecule has 1 heterocycles. The fourth-order valence-electron chi connectivity index (χ4n) is 2.69. The number of hydrogen-bond acceptors (Lipinski definition) is 3. The Morgan fingerprint density at radius 1 is 1.50 bits per heavy atom. The Hall–Kier alpha value is -0.770. The van der Waals surface area contributed by atoms with Gasteiger partial charge in [0.15, 0.2) is 0 Å². The fraction of sp³-hybridized carbons (Fsp3) is 0.533. The Morgan fingerprint density at radius 2 is 2.30 bits per heavy atom. The van der Waals surface area contributed by atoms with E-state index in [1.54, 1.807) is 0 Å². The Balaban J connectivity index is 0.00000200. The SMILES string of the molecule is CCOC(=O)C1(Cc2cccc(Cl)c2)CCCNC1.Cl. The van der Waals surface area contributed by atoms with E-state index in [9.17, 15) is 4.79 Å². The van der Waals surface area contributed by atoms with Crippen LogP contribution in [0.1, 0.15) is 25.3 Å². The van der Waals surface area contributed by atoms with Gasteiger partial charge >= 0.3 is 5.97 Å². The van der Waals surface area contributed by atoms with Crippen LogP contribution in [0.25, 0.3) is 0 Å². The molecule has 1 aromatic rings. The van der Waals surface area contributed by atoms with E-state index in [-0.39, 0.29) is 18.4 Å². The minimum absolute atomic E-state index is 0. The molecule has 0 aliphatic carbocycles. The maximum Gasteiger partial charge on any atom is 0.313 e. The summed E-state index contributed by atoms with van der Waals surface area (Å²) in [7, 11) is 0. The number of halogens is 2. The van der Waals surface area contributed by atoms with E-state index in [1.807, 2.05) is 31.2 Å². The normalized spacial score (nSPS) is 21.9. The van der Waals surface area contributed by atoms with Gasteiger partial charge in [-0.15, -0.1) is 12.4 Å². The first-order valence-corrected chi connectivity index (χ1v) is 7.16. The lowest BCUT2D eigenvalue weighted by Gasteiger charge is -2.35. The van der Waals surface area contributed by atoms with Crippen molar-refractivity contribution >= 4 is 30.0 Å². The van der Waals surface area contributed by atoms with Gasteiger partial charge in [-0.3, -0.25) is 4.79 Å². The van der Waals surface area contributed by atoms with Crippen LogP contribution in [0, 0.1) is 5.41 Å². The standard InChI is InChI=1S/C15H20ClNO2.ClH/c1-2-19-14(18)15(7-4-8-17-11-15)10-12-5-3-6-13(16)9-12;/h3,5-6,9,17H,2,4,7-8,10-11H2,1H3;1H. The first-order valence-electron chi connectivity index (χ1n) is 6.79. The van der Waals surface area contributed by atoms with Crippen LogP contribution in [-0.4, -0.2) is 25.7 Å². The third-order valence-electron chi connectivity index (χ3n) is 3.61. The number of ether oxygens (including phenoxy) is 1. The zero-order chi connectivity index (χ0) is 13.7. The van der Waals surface area contributed by atoms with E-state index in [1.165, 1.54) is 0 Å². The largest absolute Gasteiger partial charge is 0.466 e. The molecule has 20 heavy (non-hydrogen) atoms. The van der Waals surface area contributed by atoms with Crippen LogP contribution in [-0.2, 0) is 16.0 Å². The van der Waals surface area contributed by atoms with Crippen LogP contribution in [0.4, 0.5) is 0 Å². The van der Waals surface area contributed by atoms with Crippen molar-refractivity contribution in [2.45, 2.75) is 26.2 Å². The van der Waals surface area contributed by atoms with Crippen molar-refractivity contribution in [1.29, 1.82) is 0 Å². The van der Waals surface area contributed by atoms with E-state index >= 15 is 0 Å². The molecule has 1 N–H and O–H groups in total. The molecular formula is C15H21Cl2NO2. The van der Waals surface area contributed by atoms with Gasteiger partial charge in [-0.2, -0.15) is 0 Å². The highest BCUT2D eigenvalue weighted by Crippen LogP contribution is 2.32. The van der Waals surface area contributed by atoms with Gasteiger partial charge in [0, 0.05) is 11.6 Å². The number of piperidine rings is 1. The summed E-state index contributed by atoms with van der Waals surface area (Å²) in [5, 5.41) is 4.02. The molecule has 2 rings (SSSR count). The Morgan fingerprint density at radius 3 is 2.90 bits per heavy atom. The average Bonchev–Trinajstić information content (AvgIpc) is 2.40. The average molecular weight is 318 g/mol. The van der Waals surface area contributed by atoms with Crippen LogP contribution in [0.2, 0.25) is 5.02 Å². The number of esters is 1. The summed E-state index contributed by atoms with van der Waals surface area (Å²) < 4.78 is 5.28. The van der Waals surface area contributed by atoms with Crippen molar-refractivity contribution in [3.05, 3.63) is 34.9 Å². The predicted octanol–water partition coefficient (Wildman–Crippen LogP) is 3.24. The molecule has 1 atom stereocenters. The summed E-state index contributed by atoms with van der Waals surface area (Å²) in [5.74, 6) is -0.0952. The first-order chi connectivity index (χ1) is 9.16. The van der Waals surface area contributed by atoms with Gasteiger partial charge in [-0.1, -0.05) is 23.7 Å². The summed E-state index contributed by atoms with van der Waals surface area (Å²) in [6, 6.07) is 7.71. The molecule has 0 bridgehead atoms. The van der Waals surface area contributed by atoms with Crippen LogP contribution in [0.3, 0.4) is 0 Å². The summed E-state index contributed by atoms with van der Waals surface area (Å²) in [5.41, 5.74) is 0.642. The quantitative estimate of drug-likeness (QED) is 0.866. The molecular weight excluding hydrogens is 297 g/mol. The third-order valence-corrected chi connectivity index (χ3v) is 3.85. The molecule has 1 unspecified atom stereocenters. The summed E-state index contributed by atoms with van der Waals surface area (Å²) in [6.07, 6.45) is 2.55. The van der Waals surface area contributed by atoms with E-state index < -0.39 is 5.41 Å². The molecule has 1 aliphatic rings. The number of rotatable bonds is 4. The highest BCUT2D eigenvalue weighted by Gasteiger charge is 2.41. The predicted molar refractivity (Wildman–Crippen MR) is 83.6 cm³/mol. The molecule has 0 aromatic heterocycles. The maximum atomic E-state index is 12.3. The van der Waals surface area contributed by atoms with Crippen molar-refractivity contribution in [2.24, 2.45) is 5.41 Å². The van der Waals surface area contributed by atoms with Gasteiger partial charge in [-0.25, -0.2) is 0 Å². The second-order valence-corrected chi connectivity index (χ2v) is 5.52. The minimum Gasteiger partial charge on any atom is -0.466 e. The fourth-order valence-corrected chi connectivity index (χ4v) is 2.90. The van der Waals surface area contributed by atoms with Crippen LogP contribution >= 0.6 is 24.0 Å². The molecule has 1 aromatic carbocycles. The van der Waals surface area contributed by atoms with Gasteiger partial charge in [0.1, 0.15) is 0 Å². The van der Waals surface area contributed by atoms with Gasteiger partial charge in [0.2, 0.25) is 0 Å². The maximum absolute atomic E-state index is 12.3. The zero-order valence-electron chi connectivity index (χ0n) is 11.7. The molecule has 112 valence electrons. The van der Waals surface area contributed by atoms with Crippen LogP contribution in [0.15, 0.2) is 24.3 Å². The van der Waals surface area contributed by atoms with Gasteiger partial charge in [0.05, 0.1) is 12.0 Å². The molecule has 5 heteroatoms. The molecule has 0 saturated carbocycles. The second-order valence-electron chi connectivity index (χ2n) is 5.09. The highest BCUT2D eigenvalue weighted by atomic mass is 35.5. The highest BCUT2D eigenvalue weighted by molar-refractivity contribution is 6.30. The Labute approximate surface area is 131 Å². The molecule has 0 radical (unpaired) electrons. The molecule has 0 spiro atoms. The number of carbonyl (C=O) groups is 1. The molecule has 0 amide bonds. The smallest absolute Gasteiger partial charge is 0.313 e. The topological polar surface area (TPSA) is 38.3 Å². The van der Waals surface area contributed by atoms with Gasteiger partial charge in [-0.05, 0) is 50.4 Å². The van der Waals surface area contributed by atoms with Crippen LogP contribution in [0.5, 0.6) is 0 Å². The zero-order valence-corrected chi connectivity index (χ0v) is 13.2. The van der Waals surface area contributed by atoms with Gasteiger partial charge in [0.25, 0.3) is 0 Å². The summed E-state index contributed by atoms with van der Waals surface area (Å²) >= 11 is 6.02. The number of nitrogens with one attached hydrogen (secondary N) is 1.